The van der Waals surface area contributed by atoms with E-state index in [1.165, 1.54) is 19.3 Å². The van der Waals surface area contributed by atoms with Crippen molar-refractivity contribution in [3.63, 3.8) is 0 Å². The van der Waals surface area contributed by atoms with Gasteiger partial charge in [0.25, 0.3) is 0 Å². The number of H-pyrrole nitrogens is 1. The second-order valence-electron chi connectivity index (χ2n) is 5.70. The lowest BCUT2D eigenvalue weighted by Gasteiger charge is -2.22. The minimum Gasteiger partial charge on any atom is -0.342 e. The Bertz CT molecular complexity index is 628. The highest BCUT2D eigenvalue weighted by Crippen LogP contribution is 2.19. The van der Waals surface area contributed by atoms with Gasteiger partial charge in [0.1, 0.15) is 5.82 Å². The average Bonchev–Trinajstić information content (AvgIpc) is 2.90. The molecule has 1 aromatic carbocycles. The summed E-state index contributed by atoms with van der Waals surface area (Å²) < 4.78 is 0. The summed E-state index contributed by atoms with van der Waals surface area (Å²) >= 11 is 0. The molecule has 0 aliphatic heterocycles. The Morgan fingerprint density at radius 3 is 2.90 bits per heavy atom. The van der Waals surface area contributed by atoms with Crippen LogP contribution in [0.3, 0.4) is 0 Å². The van der Waals surface area contributed by atoms with Crippen LogP contribution in [-0.4, -0.2) is 22.0 Å². The fourth-order valence-corrected chi connectivity index (χ4v) is 2.91. The molecule has 0 atom stereocenters. The number of aromatic amines is 1. The molecular formula is C16H22N4O. The number of fused-ring (bicyclic) bond motifs is 1. The number of amides is 2. The first-order valence-corrected chi connectivity index (χ1v) is 7.81. The quantitative estimate of drug-likeness (QED) is 0.807. The smallest absolute Gasteiger partial charge is 0.319 e. The SMILES string of the molecule is CCc1nc2ccc(NC(=O)NC3CCCCC3)cc2[nH]1. The Labute approximate surface area is 124 Å². The van der Waals surface area contributed by atoms with Crippen molar-refractivity contribution in [1.82, 2.24) is 15.3 Å². The first-order valence-electron chi connectivity index (χ1n) is 7.81. The molecule has 5 nitrogen and oxygen atoms in total. The molecule has 21 heavy (non-hydrogen) atoms. The van der Waals surface area contributed by atoms with Crippen molar-refractivity contribution in [1.29, 1.82) is 0 Å². The highest BCUT2D eigenvalue weighted by Gasteiger charge is 2.15. The normalized spacial score (nSPS) is 16.0. The molecule has 3 rings (SSSR count). The number of benzene rings is 1. The Balaban J connectivity index is 1.64. The molecular weight excluding hydrogens is 264 g/mol. The Hall–Kier alpha value is -2.04. The van der Waals surface area contributed by atoms with E-state index in [0.29, 0.717) is 6.04 Å². The zero-order valence-electron chi connectivity index (χ0n) is 12.4. The summed E-state index contributed by atoms with van der Waals surface area (Å²) in [5, 5.41) is 5.97. The number of rotatable bonds is 3. The number of anilines is 1. The predicted molar refractivity (Wildman–Crippen MR) is 84.5 cm³/mol. The topological polar surface area (TPSA) is 69.8 Å². The van der Waals surface area contributed by atoms with Crippen LogP contribution in [0.5, 0.6) is 0 Å². The fraction of sp³-hybridized carbons (Fsp3) is 0.500. The van der Waals surface area contributed by atoms with Crippen molar-refractivity contribution in [3.8, 4) is 0 Å². The zero-order valence-corrected chi connectivity index (χ0v) is 12.4. The lowest BCUT2D eigenvalue weighted by molar-refractivity contribution is 0.244. The van der Waals surface area contributed by atoms with E-state index in [2.05, 4.69) is 27.5 Å². The summed E-state index contributed by atoms with van der Waals surface area (Å²) in [6, 6.07) is 5.96. The van der Waals surface area contributed by atoms with Crippen molar-refractivity contribution in [3.05, 3.63) is 24.0 Å². The van der Waals surface area contributed by atoms with E-state index in [9.17, 15) is 4.79 Å². The number of nitrogens with one attached hydrogen (secondary N) is 3. The number of aromatic nitrogens is 2. The van der Waals surface area contributed by atoms with E-state index in [1.54, 1.807) is 0 Å². The minimum atomic E-state index is -0.114. The summed E-state index contributed by atoms with van der Waals surface area (Å²) in [7, 11) is 0. The number of carbonyl (C=O) groups is 1. The van der Waals surface area contributed by atoms with Gasteiger partial charge in [0.2, 0.25) is 0 Å². The van der Waals surface area contributed by atoms with Crippen molar-refractivity contribution in [2.24, 2.45) is 0 Å². The largest absolute Gasteiger partial charge is 0.342 e. The van der Waals surface area contributed by atoms with E-state index in [4.69, 9.17) is 0 Å². The van der Waals surface area contributed by atoms with Gasteiger partial charge in [-0.05, 0) is 31.0 Å². The van der Waals surface area contributed by atoms with Gasteiger partial charge in [0.15, 0.2) is 0 Å². The average molecular weight is 286 g/mol. The molecule has 5 heteroatoms. The number of imidazole rings is 1. The number of hydrogen-bond acceptors (Lipinski definition) is 2. The summed E-state index contributed by atoms with van der Waals surface area (Å²) in [5.74, 6) is 0.966. The molecule has 2 amide bonds. The molecule has 1 aromatic heterocycles. The van der Waals surface area contributed by atoms with Crippen LogP contribution in [0.2, 0.25) is 0 Å². The van der Waals surface area contributed by atoms with E-state index in [0.717, 1.165) is 41.8 Å². The van der Waals surface area contributed by atoms with Crippen LogP contribution in [0, 0.1) is 0 Å². The van der Waals surface area contributed by atoms with E-state index in [-0.39, 0.29) is 6.03 Å². The van der Waals surface area contributed by atoms with Gasteiger partial charge >= 0.3 is 6.03 Å². The number of nitrogens with zero attached hydrogens (tertiary/aromatic N) is 1. The number of hydrogen-bond donors (Lipinski definition) is 3. The van der Waals surface area contributed by atoms with Gasteiger partial charge in [-0.2, -0.15) is 0 Å². The van der Waals surface area contributed by atoms with Crippen LogP contribution in [0.4, 0.5) is 10.5 Å². The van der Waals surface area contributed by atoms with Crippen LogP contribution < -0.4 is 10.6 Å². The minimum absolute atomic E-state index is 0.114. The summed E-state index contributed by atoms with van der Waals surface area (Å²) in [4.78, 5) is 19.7. The third kappa shape index (κ3) is 3.35. The lowest BCUT2D eigenvalue weighted by atomic mass is 9.96. The molecule has 3 N–H and O–H groups in total. The van der Waals surface area contributed by atoms with Crippen molar-refractivity contribution in [2.45, 2.75) is 51.5 Å². The van der Waals surface area contributed by atoms with E-state index in [1.807, 2.05) is 18.2 Å². The zero-order chi connectivity index (χ0) is 14.7. The van der Waals surface area contributed by atoms with Crippen LogP contribution in [-0.2, 0) is 6.42 Å². The molecule has 0 radical (unpaired) electrons. The second-order valence-corrected chi connectivity index (χ2v) is 5.70. The molecule has 1 aliphatic carbocycles. The number of carbonyl (C=O) groups excluding carboxylic acids is 1. The Morgan fingerprint density at radius 2 is 2.14 bits per heavy atom. The van der Waals surface area contributed by atoms with E-state index >= 15 is 0 Å². The third-order valence-electron chi connectivity index (χ3n) is 4.06. The first kappa shape index (κ1) is 13.9. The van der Waals surface area contributed by atoms with Gasteiger partial charge in [-0.15, -0.1) is 0 Å². The van der Waals surface area contributed by atoms with Crippen LogP contribution in [0.15, 0.2) is 18.2 Å². The summed E-state index contributed by atoms with van der Waals surface area (Å²) in [5.41, 5.74) is 2.69. The Kier molecular flexibility index (Phi) is 4.08. The highest BCUT2D eigenvalue weighted by atomic mass is 16.2. The van der Waals surface area contributed by atoms with Gasteiger partial charge in [0.05, 0.1) is 11.0 Å². The van der Waals surface area contributed by atoms with Crippen molar-refractivity contribution < 1.29 is 4.79 Å². The lowest BCUT2D eigenvalue weighted by Crippen LogP contribution is -2.38. The second kappa shape index (κ2) is 6.16. The molecule has 0 unspecified atom stereocenters. The summed E-state index contributed by atoms with van der Waals surface area (Å²) in [6.45, 7) is 2.06. The molecule has 0 bridgehead atoms. The van der Waals surface area contributed by atoms with Gasteiger partial charge in [0, 0.05) is 18.2 Å². The van der Waals surface area contributed by atoms with Crippen LogP contribution >= 0.6 is 0 Å². The highest BCUT2D eigenvalue weighted by molar-refractivity contribution is 5.92. The van der Waals surface area contributed by atoms with Crippen molar-refractivity contribution >= 4 is 22.8 Å². The van der Waals surface area contributed by atoms with E-state index < -0.39 is 0 Å². The number of aryl methyl sites for hydroxylation is 1. The van der Waals surface area contributed by atoms with Crippen LogP contribution in [0.25, 0.3) is 11.0 Å². The van der Waals surface area contributed by atoms with Crippen molar-refractivity contribution in [2.75, 3.05) is 5.32 Å². The molecule has 1 aliphatic rings. The molecule has 1 fully saturated rings. The maximum atomic E-state index is 12.0. The number of urea groups is 1. The van der Waals surface area contributed by atoms with Gasteiger partial charge in [-0.25, -0.2) is 9.78 Å². The standard InChI is InChI=1S/C16H22N4O/c1-2-15-19-13-9-8-12(10-14(13)20-15)18-16(21)17-11-6-4-3-5-7-11/h8-11H,2-7H2,1H3,(H,19,20)(H2,17,18,21). The molecule has 0 saturated heterocycles. The first-order chi connectivity index (χ1) is 10.2. The molecule has 1 heterocycles. The molecule has 2 aromatic rings. The fourth-order valence-electron chi connectivity index (χ4n) is 2.91. The molecule has 0 spiro atoms. The van der Waals surface area contributed by atoms with Crippen LogP contribution in [0.1, 0.15) is 44.9 Å². The van der Waals surface area contributed by atoms with Gasteiger partial charge < -0.3 is 15.6 Å². The van der Waals surface area contributed by atoms with Gasteiger partial charge in [-0.1, -0.05) is 26.2 Å². The molecule has 112 valence electrons. The maximum absolute atomic E-state index is 12.0. The Morgan fingerprint density at radius 1 is 1.33 bits per heavy atom. The maximum Gasteiger partial charge on any atom is 0.319 e. The van der Waals surface area contributed by atoms with Gasteiger partial charge in [-0.3, -0.25) is 0 Å². The summed E-state index contributed by atoms with van der Waals surface area (Å²) in [6.07, 6.45) is 6.77. The third-order valence-corrected chi connectivity index (χ3v) is 4.06. The predicted octanol–water partition coefficient (Wildman–Crippen LogP) is 3.58. The monoisotopic (exact) mass is 286 g/mol. The molecule has 1 saturated carbocycles.